The number of carbonyl (C=O) groups excluding carboxylic acids is 1. The first-order valence-electron chi connectivity index (χ1n) is 3.85. The molecular formula is C8H12OS3. The number of hydrogen-bond donors (Lipinski definition) is 0. The third kappa shape index (κ3) is 3.92. The Bertz CT molecular complexity index is 164. The predicted octanol–water partition coefficient (Wildman–Crippen LogP) is 2.63. The smallest absolute Gasteiger partial charge is 0.211 e. The van der Waals surface area contributed by atoms with E-state index in [1.54, 1.807) is 0 Å². The second-order valence-electron chi connectivity index (χ2n) is 2.36. The second kappa shape index (κ2) is 6.00. The van der Waals surface area contributed by atoms with Crippen molar-refractivity contribution in [3.8, 4) is 0 Å². The standard InChI is InChI=1S/C8H12OS3/c1-2-7(9)12-6-8-10-4-3-5-11-8/h2,8H,1,3-6H2. The fourth-order valence-corrected chi connectivity index (χ4v) is 4.73. The summed E-state index contributed by atoms with van der Waals surface area (Å²) in [6.07, 6.45) is 2.70. The molecule has 0 amide bonds. The lowest BCUT2D eigenvalue weighted by Crippen LogP contribution is -2.10. The molecule has 0 N–H and O–H groups in total. The summed E-state index contributed by atoms with van der Waals surface area (Å²) < 4.78 is 0.618. The highest BCUT2D eigenvalue weighted by atomic mass is 32.2. The molecule has 1 saturated heterocycles. The molecule has 0 saturated carbocycles. The van der Waals surface area contributed by atoms with Gasteiger partial charge in [-0.3, -0.25) is 4.79 Å². The normalized spacial score (nSPS) is 19.0. The van der Waals surface area contributed by atoms with Gasteiger partial charge in [-0.2, -0.15) is 0 Å². The van der Waals surface area contributed by atoms with Crippen LogP contribution in [-0.2, 0) is 4.79 Å². The molecule has 0 atom stereocenters. The minimum atomic E-state index is 0.0989. The van der Waals surface area contributed by atoms with Gasteiger partial charge >= 0.3 is 0 Å². The fraction of sp³-hybridized carbons (Fsp3) is 0.625. The average molecular weight is 220 g/mol. The van der Waals surface area contributed by atoms with E-state index in [1.807, 2.05) is 23.5 Å². The number of carbonyl (C=O) groups is 1. The molecule has 0 radical (unpaired) electrons. The van der Waals surface area contributed by atoms with Gasteiger partial charge in [0.25, 0.3) is 0 Å². The van der Waals surface area contributed by atoms with Gasteiger partial charge < -0.3 is 0 Å². The van der Waals surface area contributed by atoms with Crippen LogP contribution in [0.4, 0.5) is 0 Å². The molecule has 0 aromatic rings. The van der Waals surface area contributed by atoms with Gasteiger partial charge in [-0.15, -0.1) is 23.5 Å². The van der Waals surface area contributed by atoms with Gasteiger partial charge in [-0.25, -0.2) is 0 Å². The Kier molecular flexibility index (Phi) is 5.27. The van der Waals surface area contributed by atoms with Crippen LogP contribution in [0.5, 0.6) is 0 Å². The van der Waals surface area contributed by atoms with Gasteiger partial charge in [0.15, 0.2) is 0 Å². The number of thioether (sulfide) groups is 3. The first kappa shape index (κ1) is 10.5. The van der Waals surface area contributed by atoms with Crippen LogP contribution in [0, 0.1) is 0 Å². The molecule has 1 aliphatic rings. The largest absolute Gasteiger partial charge is 0.282 e. The first-order chi connectivity index (χ1) is 5.83. The van der Waals surface area contributed by atoms with Crippen molar-refractivity contribution in [1.29, 1.82) is 0 Å². The van der Waals surface area contributed by atoms with E-state index in [4.69, 9.17) is 0 Å². The van der Waals surface area contributed by atoms with Crippen molar-refractivity contribution in [2.45, 2.75) is 11.0 Å². The summed E-state index contributed by atoms with van der Waals surface area (Å²) in [5, 5.41) is 0.0989. The number of hydrogen-bond acceptors (Lipinski definition) is 4. The summed E-state index contributed by atoms with van der Waals surface area (Å²) >= 11 is 5.33. The monoisotopic (exact) mass is 220 g/mol. The van der Waals surface area contributed by atoms with E-state index in [2.05, 4.69) is 6.58 Å². The van der Waals surface area contributed by atoms with Crippen molar-refractivity contribution in [3.05, 3.63) is 12.7 Å². The minimum absolute atomic E-state index is 0.0989. The maximum Gasteiger partial charge on any atom is 0.211 e. The molecule has 68 valence electrons. The third-order valence-corrected chi connectivity index (χ3v) is 5.74. The van der Waals surface area contributed by atoms with Crippen LogP contribution < -0.4 is 0 Å². The molecule has 1 fully saturated rings. The molecule has 0 unspecified atom stereocenters. The van der Waals surface area contributed by atoms with E-state index in [0.29, 0.717) is 4.58 Å². The predicted molar refractivity (Wildman–Crippen MR) is 61.0 cm³/mol. The van der Waals surface area contributed by atoms with Crippen LogP contribution in [0.3, 0.4) is 0 Å². The van der Waals surface area contributed by atoms with Crippen LogP contribution in [0.15, 0.2) is 12.7 Å². The van der Waals surface area contributed by atoms with Crippen LogP contribution in [0.1, 0.15) is 6.42 Å². The molecule has 4 heteroatoms. The molecule has 0 aliphatic carbocycles. The zero-order chi connectivity index (χ0) is 8.81. The van der Waals surface area contributed by atoms with Crippen LogP contribution >= 0.6 is 35.3 Å². The van der Waals surface area contributed by atoms with Crippen LogP contribution in [0.25, 0.3) is 0 Å². The maximum absolute atomic E-state index is 10.9. The Balaban J connectivity index is 2.12. The van der Waals surface area contributed by atoms with E-state index in [9.17, 15) is 4.79 Å². The molecule has 0 bridgehead atoms. The van der Waals surface area contributed by atoms with Crippen molar-refractivity contribution in [1.82, 2.24) is 0 Å². The third-order valence-electron chi connectivity index (χ3n) is 1.42. The van der Waals surface area contributed by atoms with E-state index < -0.39 is 0 Å². The van der Waals surface area contributed by atoms with Crippen molar-refractivity contribution in [2.75, 3.05) is 17.3 Å². The maximum atomic E-state index is 10.9. The van der Waals surface area contributed by atoms with Crippen molar-refractivity contribution in [3.63, 3.8) is 0 Å². The molecule has 0 aromatic carbocycles. The van der Waals surface area contributed by atoms with E-state index in [-0.39, 0.29) is 5.12 Å². The molecule has 0 spiro atoms. The summed E-state index contributed by atoms with van der Waals surface area (Å²) in [6.45, 7) is 3.44. The Labute approximate surface area is 86.1 Å². The van der Waals surface area contributed by atoms with Gasteiger partial charge in [0.05, 0.1) is 4.58 Å². The summed E-state index contributed by atoms with van der Waals surface area (Å²) in [6, 6.07) is 0. The minimum Gasteiger partial charge on any atom is -0.282 e. The van der Waals surface area contributed by atoms with Crippen molar-refractivity contribution in [2.24, 2.45) is 0 Å². The van der Waals surface area contributed by atoms with Gasteiger partial charge in [0.1, 0.15) is 0 Å². The quantitative estimate of drug-likeness (QED) is 0.680. The SMILES string of the molecule is C=CC(=O)SCC1SCCCS1. The number of rotatable bonds is 3. The lowest BCUT2D eigenvalue weighted by Gasteiger charge is -2.19. The summed E-state index contributed by atoms with van der Waals surface area (Å²) in [4.78, 5) is 10.9. The molecule has 0 aromatic heterocycles. The van der Waals surface area contributed by atoms with Gasteiger partial charge in [0, 0.05) is 5.75 Å². The highest BCUT2D eigenvalue weighted by Gasteiger charge is 2.14. The fourth-order valence-electron chi connectivity index (χ4n) is 0.842. The van der Waals surface area contributed by atoms with Crippen molar-refractivity contribution >= 4 is 40.4 Å². The molecule has 1 heterocycles. The van der Waals surface area contributed by atoms with Crippen LogP contribution in [-0.4, -0.2) is 27.0 Å². The summed E-state index contributed by atoms with van der Waals surface area (Å²) in [5.41, 5.74) is 0. The van der Waals surface area contributed by atoms with Gasteiger partial charge in [0.2, 0.25) is 5.12 Å². The highest BCUT2D eigenvalue weighted by molar-refractivity contribution is 8.20. The van der Waals surface area contributed by atoms with Crippen molar-refractivity contribution < 1.29 is 4.79 Å². The molecule has 1 aliphatic heterocycles. The first-order valence-corrected chi connectivity index (χ1v) is 6.93. The van der Waals surface area contributed by atoms with Gasteiger partial charge in [-0.1, -0.05) is 18.3 Å². The topological polar surface area (TPSA) is 17.1 Å². The lowest BCUT2D eigenvalue weighted by molar-refractivity contribution is -0.107. The molecular weight excluding hydrogens is 208 g/mol. The molecule has 1 rings (SSSR count). The van der Waals surface area contributed by atoms with E-state index >= 15 is 0 Å². The molecule has 1 nitrogen and oxygen atoms in total. The summed E-state index contributed by atoms with van der Waals surface area (Å²) in [7, 11) is 0. The lowest BCUT2D eigenvalue weighted by atomic mass is 10.6. The Hall–Kier alpha value is 0.460. The van der Waals surface area contributed by atoms with E-state index in [1.165, 1.54) is 35.8 Å². The average Bonchev–Trinajstić information content (AvgIpc) is 2.16. The Morgan fingerprint density at radius 3 is 2.83 bits per heavy atom. The molecule has 12 heavy (non-hydrogen) atoms. The Morgan fingerprint density at radius 2 is 2.25 bits per heavy atom. The zero-order valence-electron chi connectivity index (χ0n) is 6.82. The summed E-state index contributed by atoms with van der Waals surface area (Å²) in [5.74, 6) is 3.43. The van der Waals surface area contributed by atoms with Gasteiger partial charge in [-0.05, 0) is 24.0 Å². The Morgan fingerprint density at radius 1 is 1.58 bits per heavy atom. The van der Waals surface area contributed by atoms with Crippen LogP contribution in [0.2, 0.25) is 0 Å². The van der Waals surface area contributed by atoms with E-state index in [0.717, 1.165) is 5.75 Å². The zero-order valence-corrected chi connectivity index (χ0v) is 9.27. The highest BCUT2D eigenvalue weighted by Crippen LogP contribution is 2.32. The second-order valence-corrected chi connectivity index (χ2v) is 6.30.